The summed E-state index contributed by atoms with van der Waals surface area (Å²) >= 11 is 0. The Morgan fingerprint density at radius 1 is 1.32 bits per heavy atom. The van der Waals surface area contributed by atoms with Crippen molar-refractivity contribution in [1.82, 2.24) is 0 Å². The van der Waals surface area contributed by atoms with Gasteiger partial charge in [0.1, 0.15) is 5.75 Å². The van der Waals surface area contributed by atoms with Gasteiger partial charge in [0.25, 0.3) is 0 Å². The van der Waals surface area contributed by atoms with Crippen LogP contribution in [0.2, 0.25) is 0 Å². The molecule has 3 rings (SSSR count). The molecular weight excluding hydrogens is 236 g/mol. The van der Waals surface area contributed by atoms with Gasteiger partial charge < -0.3 is 9.84 Å². The van der Waals surface area contributed by atoms with Crippen LogP contribution >= 0.6 is 0 Å². The minimum Gasteiger partial charge on any atom is -0.493 e. The second-order valence-corrected chi connectivity index (χ2v) is 6.69. The molecule has 1 aromatic carbocycles. The summed E-state index contributed by atoms with van der Waals surface area (Å²) in [6.07, 6.45) is 4.75. The number of hydrogen-bond acceptors (Lipinski definition) is 2. The highest BCUT2D eigenvalue weighted by molar-refractivity contribution is 5.40. The Morgan fingerprint density at radius 2 is 2.11 bits per heavy atom. The SMILES string of the molecule is CC1(C)CC(CC2COc3ccccc32)=CC(O)C1. The lowest BCUT2D eigenvalue weighted by atomic mass is 9.74. The predicted octanol–water partition coefficient (Wildman–Crippen LogP) is 3.66. The van der Waals surface area contributed by atoms with E-state index in [0.29, 0.717) is 5.92 Å². The van der Waals surface area contributed by atoms with Gasteiger partial charge in [-0.25, -0.2) is 0 Å². The van der Waals surface area contributed by atoms with Gasteiger partial charge in [-0.05, 0) is 30.7 Å². The van der Waals surface area contributed by atoms with E-state index < -0.39 is 0 Å². The summed E-state index contributed by atoms with van der Waals surface area (Å²) in [7, 11) is 0. The van der Waals surface area contributed by atoms with Crippen LogP contribution in [-0.4, -0.2) is 17.8 Å². The topological polar surface area (TPSA) is 29.5 Å². The molecule has 0 saturated carbocycles. The molecule has 0 spiro atoms. The summed E-state index contributed by atoms with van der Waals surface area (Å²) < 4.78 is 5.74. The van der Waals surface area contributed by atoms with Crippen molar-refractivity contribution in [1.29, 1.82) is 0 Å². The Balaban J connectivity index is 1.76. The van der Waals surface area contributed by atoms with E-state index >= 15 is 0 Å². The number of hydrogen-bond donors (Lipinski definition) is 1. The van der Waals surface area contributed by atoms with Gasteiger partial charge in [0.2, 0.25) is 0 Å². The van der Waals surface area contributed by atoms with Crippen LogP contribution in [0.3, 0.4) is 0 Å². The summed E-state index contributed by atoms with van der Waals surface area (Å²) in [5.74, 6) is 1.48. The number of fused-ring (bicyclic) bond motifs is 1. The molecule has 2 nitrogen and oxygen atoms in total. The molecule has 2 heteroatoms. The Kier molecular flexibility index (Phi) is 3.14. The monoisotopic (exact) mass is 258 g/mol. The number of ether oxygens (including phenoxy) is 1. The van der Waals surface area contributed by atoms with Gasteiger partial charge in [0.05, 0.1) is 12.7 Å². The fourth-order valence-corrected chi connectivity index (χ4v) is 3.50. The summed E-state index contributed by atoms with van der Waals surface area (Å²) in [5.41, 5.74) is 2.91. The maximum atomic E-state index is 9.98. The lowest BCUT2D eigenvalue weighted by Crippen LogP contribution is -2.25. The second kappa shape index (κ2) is 4.68. The van der Waals surface area contributed by atoms with Crippen molar-refractivity contribution in [3.05, 3.63) is 41.5 Å². The summed E-state index contributed by atoms with van der Waals surface area (Å²) in [6.45, 7) is 5.25. The van der Waals surface area contributed by atoms with Crippen LogP contribution in [0.4, 0.5) is 0 Å². The first-order chi connectivity index (χ1) is 9.03. The molecule has 0 radical (unpaired) electrons. The Hall–Kier alpha value is -1.28. The molecule has 1 aromatic rings. The highest BCUT2D eigenvalue weighted by Crippen LogP contribution is 2.42. The number of aliphatic hydroxyl groups is 1. The number of allylic oxidation sites excluding steroid dienone is 1. The van der Waals surface area contributed by atoms with E-state index in [9.17, 15) is 5.11 Å². The van der Waals surface area contributed by atoms with Gasteiger partial charge in [0, 0.05) is 11.5 Å². The smallest absolute Gasteiger partial charge is 0.122 e. The lowest BCUT2D eigenvalue weighted by molar-refractivity contribution is 0.137. The Bertz CT molecular complexity index is 502. The second-order valence-electron chi connectivity index (χ2n) is 6.69. The van der Waals surface area contributed by atoms with Gasteiger partial charge in [-0.3, -0.25) is 0 Å². The predicted molar refractivity (Wildman–Crippen MR) is 76.4 cm³/mol. The maximum Gasteiger partial charge on any atom is 0.122 e. The van der Waals surface area contributed by atoms with Crippen LogP contribution in [0.25, 0.3) is 0 Å². The molecule has 1 aliphatic heterocycles. The minimum absolute atomic E-state index is 0.211. The Labute approximate surface area is 115 Å². The van der Waals surface area contributed by atoms with Crippen molar-refractivity contribution in [2.45, 2.75) is 45.1 Å². The zero-order valence-corrected chi connectivity index (χ0v) is 11.7. The molecule has 0 bridgehead atoms. The third-order valence-electron chi connectivity index (χ3n) is 4.20. The molecule has 2 unspecified atom stereocenters. The van der Waals surface area contributed by atoms with Crippen molar-refractivity contribution in [2.24, 2.45) is 5.41 Å². The van der Waals surface area contributed by atoms with E-state index in [2.05, 4.69) is 32.1 Å². The summed E-state index contributed by atoms with van der Waals surface area (Å²) in [6, 6.07) is 8.31. The maximum absolute atomic E-state index is 9.98. The number of aliphatic hydroxyl groups excluding tert-OH is 1. The van der Waals surface area contributed by atoms with Gasteiger partial charge in [-0.15, -0.1) is 0 Å². The van der Waals surface area contributed by atoms with Gasteiger partial charge in [-0.1, -0.05) is 43.7 Å². The third kappa shape index (κ3) is 2.69. The molecule has 1 heterocycles. The molecule has 102 valence electrons. The lowest BCUT2D eigenvalue weighted by Gasteiger charge is -2.33. The van der Waals surface area contributed by atoms with Gasteiger partial charge >= 0.3 is 0 Å². The van der Waals surface area contributed by atoms with Gasteiger partial charge in [-0.2, -0.15) is 0 Å². The normalized spacial score (nSPS) is 28.5. The van der Waals surface area contributed by atoms with Gasteiger partial charge in [0.15, 0.2) is 0 Å². The van der Waals surface area contributed by atoms with Crippen LogP contribution in [0.5, 0.6) is 5.75 Å². The molecule has 1 N–H and O–H groups in total. The van der Waals surface area contributed by atoms with E-state index in [0.717, 1.165) is 31.6 Å². The highest BCUT2D eigenvalue weighted by atomic mass is 16.5. The van der Waals surface area contributed by atoms with Crippen molar-refractivity contribution >= 4 is 0 Å². The molecule has 0 saturated heterocycles. The standard InChI is InChI=1S/C17H22O2/c1-17(2)9-12(8-14(18)10-17)7-13-11-19-16-6-4-3-5-15(13)16/h3-6,8,13-14,18H,7,9-11H2,1-2H3. The number of para-hydroxylation sites is 1. The van der Waals surface area contributed by atoms with Crippen molar-refractivity contribution in [3.8, 4) is 5.75 Å². The number of benzene rings is 1. The average molecular weight is 258 g/mol. The summed E-state index contributed by atoms with van der Waals surface area (Å²) in [5, 5.41) is 9.98. The van der Waals surface area contributed by atoms with Crippen LogP contribution in [0.15, 0.2) is 35.9 Å². The molecule has 1 aliphatic carbocycles. The first kappa shape index (κ1) is 12.7. The molecule has 2 atom stereocenters. The van der Waals surface area contributed by atoms with Crippen LogP contribution < -0.4 is 4.74 Å². The van der Waals surface area contributed by atoms with Crippen molar-refractivity contribution in [2.75, 3.05) is 6.61 Å². The first-order valence-electron chi connectivity index (χ1n) is 7.13. The number of rotatable bonds is 2. The Morgan fingerprint density at radius 3 is 2.89 bits per heavy atom. The minimum atomic E-state index is -0.281. The zero-order valence-electron chi connectivity index (χ0n) is 11.7. The molecule has 2 aliphatic rings. The molecular formula is C17H22O2. The fourth-order valence-electron chi connectivity index (χ4n) is 3.50. The average Bonchev–Trinajstić information content (AvgIpc) is 2.70. The van der Waals surface area contributed by atoms with E-state index in [1.807, 2.05) is 12.1 Å². The molecule has 0 aromatic heterocycles. The largest absolute Gasteiger partial charge is 0.493 e. The van der Waals surface area contributed by atoms with E-state index in [1.54, 1.807) is 0 Å². The van der Waals surface area contributed by atoms with E-state index in [4.69, 9.17) is 4.74 Å². The quantitative estimate of drug-likeness (QED) is 0.820. The molecule has 0 amide bonds. The van der Waals surface area contributed by atoms with Crippen LogP contribution in [0.1, 0.15) is 44.6 Å². The van der Waals surface area contributed by atoms with Crippen molar-refractivity contribution < 1.29 is 9.84 Å². The van der Waals surface area contributed by atoms with E-state index in [-0.39, 0.29) is 11.5 Å². The highest BCUT2D eigenvalue weighted by Gasteiger charge is 2.31. The summed E-state index contributed by atoms with van der Waals surface area (Å²) in [4.78, 5) is 0. The molecule has 19 heavy (non-hydrogen) atoms. The van der Waals surface area contributed by atoms with Crippen LogP contribution in [0, 0.1) is 5.41 Å². The van der Waals surface area contributed by atoms with Crippen molar-refractivity contribution in [3.63, 3.8) is 0 Å². The third-order valence-corrected chi connectivity index (χ3v) is 4.20. The van der Waals surface area contributed by atoms with E-state index in [1.165, 1.54) is 11.1 Å². The van der Waals surface area contributed by atoms with Crippen LogP contribution in [-0.2, 0) is 0 Å². The fraction of sp³-hybridized carbons (Fsp3) is 0.529. The zero-order chi connectivity index (χ0) is 13.5. The molecule has 0 fully saturated rings. The first-order valence-corrected chi connectivity index (χ1v) is 7.13.